The number of rotatable bonds is 0. The maximum Gasteiger partial charge on any atom is 0.342 e. The van der Waals surface area contributed by atoms with E-state index in [4.69, 9.17) is 0 Å². The quantitative estimate of drug-likeness (QED) is 0.484. The van der Waals surface area contributed by atoms with Crippen LogP contribution in [0.15, 0.2) is 0 Å². The average Bonchev–Trinajstić information content (AvgIpc) is 1.96. The maximum atomic E-state index is 10.8. The van der Waals surface area contributed by atoms with E-state index in [1.807, 2.05) is 0 Å². The molecular formula is C4H4Br2NO2+. The summed E-state index contributed by atoms with van der Waals surface area (Å²) in [5.74, 6) is -0.278. The van der Waals surface area contributed by atoms with Crippen LogP contribution in [0.4, 0.5) is 0 Å². The zero-order valence-corrected chi connectivity index (χ0v) is 7.61. The molecule has 0 atom stereocenters. The Morgan fingerprint density at radius 2 is 1.44 bits per heavy atom. The molecule has 1 rings (SSSR count). The first-order valence-corrected chi connectivity index (χ1v) is 3.82. The molecule has 0 bridgehead atoms. The van der Waals surface area contributed by atoms with Gasteiger partial charge in [0.25, 0.3) is 32.3 Å². The zero-order valence-electron chi connectivity index (χ0n) is 4.43. The Morgan fingerprint density at radius 1 is 1.11 bits per heavy atom. The topological polar surface area (TPSA) is 34.1 Å². The number of halogens is 2. The Kier molecular flexibility index (Phi) is 1.75. The molecular weight excluding hydrogens is 254 g/mol. The molecule has 2 amide bonds. The Hall–Kier alpha value is 0.260. The monoisotopic (exact) mass is 256 g/mol. The van der Waals surface area contributed by atoms with Crippen molar-refractivity contribution < 1.29 is 12.1 Å². The largest absolute Gasteiger partial charge is 0.342 e. The number of carbonyl (C=O) groups is 2. The smallest absolute Gasteiger partial charge is 0.228 e. The van der Waals surface area contributed by atoms with Crippen molar-refractivity contribution in [1.29, 1.82) is 0 Å². The zero-order chi connectivity index (χ0) is 7.07. The minimum Gasteiger partial charge on any atom is -0.228 e. The third-order valence-corrected chi connectivity index (χ3v) is 2.76. The van der Waals surface area contributed by atoms with Gasteiger partial charge in [-0.2, -0.15) is 0 Å². The summed E-state index contributed by atoms with van der Waals surface area (Å²) >= 11 is 5.86. The molecule has 3 nitrogen and oxygen atoms in total. The molecule has 0 saturated carbocycles. The Balaban J connectivity index is 2.91. The van der Waals surface area contributed by atoms with Crippen molar-refractivity contribution >= 4 is 44.1 Å². The van der Waals surface area contributed by atoms with Gasteiger partial charge in [0.1, 0.15) is 0 Å². The van der Waals surface area contributed by atoms with E-state index < -0.39 is 2.54 Å². The molecule has 0 aromatic carbocycles. The molecule has 0 spiro atoms. The van der Waals surface area contributed by atoms with Crippen LogP contribution in [0.5, 0.6) is 0 Å². The Labute approximate surface area is 69.3 Å². The minimum atomic E-state index is -0.431. The summed E-state index contributed by atoms with van der Waals surface area (Å²) in [4.78, 5) is 21.5. The summed E-state index contributed by atoms with van der Waals surface area (Å²) in [6.07, 6.45) is 0.657. The van der Waals surface area contributed by atoms with Crippen LogP contribution in [-0.4, -0.2) is 14.3 Å². The maximum absolute atomic E-state index is 10.8. The normalized spacial score (nSPS) is 25.1. The highest BCUT2D eigenvalue weighted by Crippen LogP contribution is 2.32. The highest BCUT2D eigenvalue weighted by atomic mass is 79.9. The summed E-state index contributed by atoms with van der Waals surface area (Å²) in [5, 5.41) is 0. The van der Waals surface area contributed by atoms with Crippen LogP contribution in [0.2, 0.25) is 0 Å². The molecule has 50 valence electrons. The highest BCUT2D eigenvalue weighted by molar-refractivity contribution is 9.17. The van der Waals surface area contributed by atoms with Crippen LogP contribution < -0.4 is 0 Å². The van der Waals surface area contributed by atoms with E-state index in [0.29, 0.717) is 12.8 Å². The van der Waals surface area contributed by atoms with Gasteiger partial charge in [-0.15, -0.1) is 0 Å². The summed E-state index contributed by atoms with van der Waals surface area (Å²) in [5.41, 5.74) is 0. The molecule has 1 aliphatic heterocycles. The van der Waals surface area contributed by atoms with Crippen molar-refractivity contribution in [2.24, 2.45) is 0 Å². The van der Waals surface area contributed by atoms with Crippen molar-refractivity contribution in [3.8, 4) is 0 Å². The summed E-state index contributed by atoms with van der Waals surface area (Å²) in [6, 6.07) is 0. The second kappa shape index (κ2) is 2.14. The lowest BCUT2D eigenvalue weighted by molar-refractivity contribution is -0.443. The fourth-order valence-electron chi connectivity index (χ4n) is 0.634. The van der Waals surface area contributed by atoms with Crippen LogP contribution in [0.3, 0.4) is 0 Å². The fraction of sp³-hybridized carbons (Fsp3) is 0.500. The van der Waals surface area contributed by atoms with E-state index in [1.54, 1.807) is 0 Å². The molecule has 0 radical (unpaired) electrons. The van der Waals surface area contributed by atoms with E-state index in [2.05, 4.69) is 32.3 Å². The lowest BCUT2D eigenvalue weighted by Crippen LogP contribution is -2.30. The molecule has 5 heteroatoms. The summed E-state index contributed by atoms with van der Waals surface area (Å²) in [6.45, 7) is 0. The molecule has 9 heavy (non-hydrogen) atoms. The van der Waals surface area contributed by atoms with E-state index in [1.165, 1.54) is 0 Å². The van der Waals surface area contributed by atoms with Crippen molar-refractivity contribution in [3.05, 3.63) is 0 Å². The molecule has 0 aromatic rings. The molecule has 1 heterocycles. The highest BCUT2D eigenvalue weighted by Gasteiger charge is 2.47. The standard InChI is InChI=1S/C4H4Br2NO2/c5-7(6)3(8)1-2-4(7)9/h1-2H2/q+1. The van der Waals surface area contributed by atoms with Gasteiger partial charge in [-0.3, -0.25) is 0 Å². The average molecular weight is 258 g/mol. The predicted octanol–water partition coefficient (Wildman–Crippen LogP) is 1.27. The summed E-state index contributed by atoms with van der Waals surface area (Å²) < 4.78 is -0.431. The molecule has 0 N–H and O–H groups in total. The molecule has 1 fully saturated rings. The van der Waals surface area contributed by atoms with Crippen molar-refractivity contribution in [2.45, 2.75) is 12.8 Å². The second-order valence-electron chi connectivity index (χ2n) is 1.80. The number of quaternary nitrogens is 1. The third-order valence-electron chi connectivity index (χ3n) is 1.18. The third kappa shape index (κ3) is 1.09. The van der Waals surface area contributed by atoms with Crippen molar-refractivity contribution in [2.75, 3.05) is 0 Å². The van der Waals surface area contributed by atoms with Gasteiger partial charge in [0.2, 0.25) is 0 Å². The molecule has 1 saturated heterocycles. The van der Waals surface area contributed by atoms with Crippen LogP contribution in [-0.2, 0) is 9.59 Å². The first kappa shape index (κ1) is 7.37. The minimum absolute atomic E-state index is 0.139. The van der Waals surface area contributed by atoms with Crippen molar-refractivity contribution in [1.82, 2.24) is 0 Å². The predicted molar refractivity (Wildman–Crippen MR) is 37.4 cm³/mol. The lowest BCUT2D eigenvalue weighted by atomic mass is 10.4. The van der Waals surface area contributed by atoms with Gasteiger partial charge in [0, 0.05) is 0 Å². The van der Waals surface area contributed by atoms with Gasteiger partial charge >= 0.3 is 11.8 Å². The van der Waals surface area contributed by atoms with Crippen LogP contribution in [0.25, 0.3) is 0 Å². The van der Waals surface area contributed by atoms with Gasteiger partial charge in [0.15, 0.2) is 0 Å². The summed E-state index contributed by atoms with van der Waals surface area (Å²) in [7, 11) is 0. The fourth-order valence-corrected chi connectivity index (χ4v) is 1.34. The number of hydrogen-bond acceptors (Lipinski definition) is 2. The van der Waals surface area contributed by atoms with E-state index in [9.17, 15) is 9.59 Å². The Bertz CT molecular complexity index is 159. The van der Waals surface area contributed by atoms with Crippen molar-refractivity contribution in [3.63, 3.8) is 0 Å². The second-order valence-corrected chi connectivity index (χ2v) is 4.88. The Morgan fingerprint density at radius 3 is 1.56 bits per heavy atom. The van der Waals surface area contributed by atoms with E-state index in [0.717, 1.165) is 0 Å². The first-order chi connectivity index (χ1) is 4.05. The lowest BCUT2D eigenvalue weighted by Gasteiger charge is -2.05. The van der Waals surface area contributed by atoms with Gasteiger partial charge in [-0.05, 0) is 0 Å². The van der Waals surface area contributed by atoms with Crippen LogP contribution in [0, 0.1) is 0 Å². The first-order valence-electron chi connectivity index (χ1n) is 2.40. The number of amides is 2. The number of nitrogens with zero attached hydrogens (tertiary/aromatic N) is 1. The van der Waals surface area contributed by atoms with E-state index >= 15 is 0 Å². The molecule has 1 aliphatic rings. The number of hydrogen-bond donors (Lipinski definition) is 0. The van der Waals surface area contributed by atoms with Crippen LogP contribution in [0.1, 0.15) is 12.8 Å². The van der Waals surface area contributed by atoms with Gasteiger partial charge < -0.3 is 0 Å². The van der Waals surface area contributed by atoms with E-state index in [-0.39, 0.29) is 11.8 Å². The van der Waals surface area contributed by atoms with Gasteiger partial charge in [-0.1, -0.05) is 2.54 Å². The van der Waals surface area contributed by atoms with Crippen LogP contribution >= 0.6 is 32.3 Å². The SMILES string of the molecule is O=C1CCC(=O)[N+]1(Br)Br. The molecule has 0 aromatic heterocycles. The number of carbonyl (C=O) groups excluding carboxylic acids is 2. The molecule has 0 unspecified atom stereocenters. The van der Waals surface area contributed by atoms with Gasteiger partial charge in [0.05, 0.1) is 12.8 Å². The molecule has 0 aliphatic carbocycles. The van der Waals surface area contributed by atoms with Gasteiger partial charge in [-0.25, -0.2) is 9.59 Å². The number of imide groups is 1.